The predicted octanol–water partition coefficient (Wildman–Crippen LogP) is 6.51. The first kappa shape index (κ1) is 65.9. The summed E-state index contributed by atoms with van der Waals surface area (Å²) in [5.41, 5.74) is -4.04. The number of methoxy groups -OCH3 is 7. The fourth-order valence-electron chi connectivity index (χ4n) is 13.3. The van der Waals surface area contributed by atoms with Crippen LogP contribution in [0.4, 0.5) is 4.79 Å². The molecule has 5 heterocycles. The molecule has 0 spiro atoms. The van der Waals surface area contributed by atoms with Gasteiger partial charge in [-0.25, -0.2) is 4.79 Å². The van der Waals surface area contributed by atoms with Crippen LogP contribution in [0.15, 0.2) is 48.9 Å². The Kier molecular flexibility index (Phi) is 20.6. The van der Waals surface area contributed by atoms with Crippen LogP contribution in [0.2, 0.25) is 0 Å². The van der Waals surface area contributed by atoms with E-state index in [1.807, 2.05) is 48.5 Å². The fraction of sp³-hybridized carbons (Fsp3) is 0.695. The standard InChI is InChI=1S/C59H86N6O17/c1-31-45-33(19-22-38(67)75-12)55(6,7)52(62-45)48(61-37(66)30-60-53(74)82-54(3,4)5)47-34(20-23-39(68)76-13)57(9,28-43(72)80-17)50(63-47)32(2)46-35(21-24-40(69)77-14)58(10,29-44(73)81-18)59(11,65-46)51-36(27-42(71)79-16)56(8,49(31)64-51)26-25-41(70)78-15/h33-36,51,63H,19-30H2,1-18H3,(H,60,74)(H,61,66)/b45-31-,48-47+,50-32-/t33-,34-,35-,36+,51?,56-,57+,58+,59+/m1/s1. The molecule has 0 aliphatic carbocycles. The van der Waals surface area contributed by atoms with Gasteiger partial charge in [0.1, 0.15) is 12.1 Å². The average Bonchev–Trinajstić information content (AvgIpc) is 4.26. The minimum Gasteiger partial charge on any atom is -0.469 e. The minimum atomic E-state index is -1.49. The van der Waals surface area contributed by atoms with Gasteiger partial charge in [0.2, 0.25) is 5.91 Å². The van der Waals surface area contributed by atoms with Gasteiger partial charge in [0, 0.05) is 99.5 Å². The van der Waals surface area contributed by atoms with Crippen molar-refractivity contribution in [3.63, 3.8) is 0 Å². The van der Waals surface area contributed by atoms with Crippen LogP contribution < -0.4 is 16.0 Å². The molecule has 454 valence electrons. The molecule has 1 fully saturated rings. The van der Waals surface area contributed by atoms with Gasteiger partial charge in [0.15, 0.2) is 0 Å². The summed E-state index contributed by atoms with van der Waals surface area (Å²) in [7, 11) is 8.87. The Bertz CT molecular complexity index is 2780. The molecule has 0 aromatic carbocycles. The van der Waals surface area contributed by atoms with Gasteiger partial charge < -0.3 is 53.8 Å². The van der Waals surface area contributed by atoms with E-state index in [4.69, 9.17) is 52.9 Å². The lowest BCUT2D eigenvalue weighted by Gasteiger charge is -2.48. The zero-order chi connectivity index (χ0) is 61.7. The molecular formula is C59H86N6O17. The second-order valence-corrected chi connectivity index (χ2v) is 24.3. The SMILES string of the molecule is COC(=O)CC[C@@H]1/C2=C(\C)C3=NC([C@H](CC(=O)OC)[C@@]3(C)CCC(=O)OC)[C@]3(C)N=C(/C(C)=C4\N/C(=C(/NC(=O)CNC(=O)OC(C)(C)C)C(=N2)C1(C)C)[C@@H](CCC(=O)OC)[C@]4(C)CC(=O)OC)[C@@H](CCC(=O)OC)[C@]3(C)CC(=O)OC. The molecule has 5 aliphatic heterocycles. The Balaban J connectivity index is 2.13. The van der Waals surface area contributed by atoms with E-state index < -0.39 is 123 Å². The normalized spacial score (nSPS) is 30.7. The van der Waals surface area contributed by atoms with Gasteiger partial charge in [-0.3, -0.25) is 53.3 Å². The van der Waals surface area contributed by atoms with Crippen LogP contribution in [0.25, 0.3) is 0 Å². The molecule has 0 aromatic heterocycles. The third-order valence-electron chi connectivity index (χ3n) is 18.0. The smallest absolute Gasteiger partial charge is 0.408 e. The number of carbonyl (C=O) groups excluding carboxylic acids is 9. The van der Waals surface area contributed by atoms with Crippen molar-refractivity contribution in [2.45, 2.75) is 164 Å². The van der Waals surface area contributed by atoms with Crippen molar-refractivity contribution in [1.82, 2.24) is 16.0 Å². The maximum Gasteiger partial charge on any atom is 0.408 e. The summed E-state index contributed by atoms with van der Waals surface area (Å²) in [6.45, 7) is 19.4. The van der Waals surface area contributed by atoms with Crippen molar-refractivity contribution < 1.29 is 81.0 Å². The van der Waals surface area contributed by atoms with E-state index in [0.717, 1.165) is 0 Å². The van der Waals surface area contributed by atoms with Crippen molar-refractivity contribution in [3.05, 3.63) is 33.9 Å². The highest BCUT2D eigenvalue weighted by molar-refractivity contribution is 6.13. The lowest BCUT2D eigenvalue weighted by molar-refractivity contribution is -0.147. The van der Waals surface area contributed by atoms with Crippen LogP contribution in [0.5, 0.6) is 0 Å². The molecule has 0 radical (unpaired) electrons. The van der Waals surface area contributed by atoms with E-state index in [2.05, 4.69) is 16.0 Å². The van der Waals surface area contributed by atoms with Crippen molar-refractivity contribution in [2.24, 2.45) is 60.3 Å². The average molecular weight is 1150 g/mol. The summed E-state index contributed by atoms with van der Waals surface area (Å²) < 4.78 is 42.5. The first-order chi connectivity index (χ1) is 38.2. The van der Waals surface area contributed by atoms with E-state index >= 15 is 0 Å². The molecule has 0 saturated carbocycles. The van der Waals surface area contributed by atoms with Crippen LogP contribution in [-0.2, 0) is 76.3 Å². The Labute approximate surface area is 481 Å². The summed E-state index contributed by atoms with van der Waals surface area (Å²) in [6, 6.07) is -1.01. The molecule has 23 nitrogen and oxygen atoms in total. The molecule has 1 unspecified atom stereocenters. The van der Waals surface area contributed by atoms with Crippen LogP contribution in [0, 0.1) is 45.3 Å². The molecule has 1 saturated heterocycles. The molecule has 5 aliphatic rings. The highest BCUT2D eigenvalue weighted by atomic mass is 16.6. The zero-order valence-corrected chi connectivity index (χ0v) is 51.2. The first-order valence-corrected chi connectivity index (χ1v) is 27.7. The number of hydrogen-bond donors (Lipinski definition) is 3. The molecular weight excluding hydrogens is 1060 g/mol. The number of carbonyl (C=O) groups is 9. The zero-order valence-electron chi connectivity index (χ0n) is 51.2. The Hall–Kier alpha value is -6.94. The number of fused-ring (bicyclic) bond motifs is 6. The minimum absolute atomic E-state index is 0.0126. The second kappa shape index (κ2) is 25.7. The van der Waals surface area contributed by atoms with Gasteiger partial charge in [0.05, 0.1) is 92.0 Å². The van der Waals surface area contributed by atoms with Gasteiger partial charge in [0.25, 0.3) is 0 Å². The maximum absolute atomic E-state index is 14.7. The van der Waals surface area contributed by atoms with Crippen LogP contribution in [-0.4, -0.2) is 144 Å². The summed E-state index contributed by atoms with van der Waals surface area (Å²) in [5.74, 6) is -7.91. The highest BCUT2D eigenvalue weighted by Crippen LogP contribution is 2.63. The van der Waals surface area contributed by atoms with Crippen molar-refractivity contribution in [2.75, 3.05) is 56.3 Å². The molecule has 23 heteroatoms. The van der Waals surface area contributed by atoms with E-state index in [0.29, 0.717) is 45.4 Å². The van der Waals surface area contributed by atoms with Crippen LogP contribution >= 0.6 is 0 Å². The monoisotopic (exact) mass is 1150 g/mol. The highest BCUT2D eigenvalue weighted by Gasteiger charge is 2.67. The third-order valence-corrected chi connectivity index (χ3v) is 18.0. The number of nitrogens with one attached hydrogen (secondary N) is 3. The number of esters is 7. The molecule has 82 heavy (non-hydrogen) atoms. The number of rotatable bonds is 21. The van der Waals surface area contributed by atoms with Crippen LogP contribution in [0.1, 0.15) is 147 Å². The van der Waals surface area contributed by atoms with E-state index in [9.17, 15) is 43.2 Å². The number of ether oxygens (including phenoxy) is 8. The number of allylic oxidation sites excluding steroid dienone is 6. The van der Waals surface area contributed by atoms with Crippen molar-refractivity contribution in [1.29, 1.82) is 0 Å². The van der Waals surface area contributed by atoms with Gasteiger partial charge in [-0.05, 0) is 78.4 Å². The summed E-state index contributed by atoms with van der Waals surface area (Å²) >= 11 is 0. The fourth-order valence-corrected chi connectivity index (χ4v) is 13.3. The second-order valence-electron chi connectivity index (χ2n) is 24.3. The molecule has 2 amide bonds. The first-order valence-electron chi connectivity index (χ1n) is 27.7. The van der Waals surface area contributed by atoms with E-state index in [-0.39, 0.29) is 76.3 Å². The van der Waals surface area contributed by atoms with Gasteiger partial charge >= 0.3 is 47.9 Å². The lowest BCUT2D eigenvalue weighted by atomic mass is 9.55. The molecule has 3 N–H and O–H groups in total. The molecule has 9 atom stereocenters. The maximum atomic E-state index is 14.7. The lowest BCUT2D eigenvalue weighted by Crippen LogP contribution is -2.55. The Morgan fingerprint density at radius 2 is 1.10 bits per heavy atom. The number of alkyl carbamates (subject to hydrolysis) is 1. The molecule has 5 rings (SSSR count). The van der Waals surface area contributed by atoms with Gasteiger partial charge in [-0.1, -0.05) is 34.6 Å². The van der Waals surface area contributed by atoms with Crippen molar-refractivity contribution in [3.8, 4) is 0 Å². The van der Waals surface area contributed by atoms with Crippen molar-refractivity contribution >= 4 is 70.9 Å². The molecule has 0 aromatic rings. The molecule has 8 bridgehead atoms. The number of nitrogens with zero attached hydrogens (tertiary/aromatic N) is 3. The predicted molar refractivity (Wildman–Crippen MR) is 299 cm³/mol. The number of aliphatic imine (C=N–C) groups is 3. The van der Waals surface area contributed by atoms with E-state index in [1.165, 1.54) is 49.8 Å². The number of hydrogen-bond acceptors (Lipinski definition) is 21. The van der Waals surface area contributed by atoms with Crippen LogP contribution in [0.3, 0.4) is 0 Å². The third kappa shape index (κ3) is 13.1. The summed E-state index contributed by atoms with van der Waals surface area (Å²) in [5, 5.41) is 9.31. The Morgan fingerprint density at radius 3 is 1.62 bits per heavy atom. The summed E-state index contributed by atoms with van der Waals surface area (Å²) in [4.78, 5) is 140. The van der Waals surface area contributed by atoms with Gasteiger partial charge in [-0.15, -0.1) is 0 Å². The quantitative estimate of drug-likeness (QED) is 0.0815. The van der Waals surface area contributed by atoms with E-state index in [1.54, 1.807) is 27.7 Å². The largest absolute Gasteiger partial charge is 0.469 e. The summed E-state index contributed by atoms with van der Waals surface area (Å²) in [6.07, 6.45) is -1.93. The van der Waals surface area contributed by atoms with Gasteiger partial charge in [-0.2, -0.15) is 0 Å². The Morgan fingerprint density at radius 1 is 0.598 bits per heavy atom. The number of amides is 2. The topological polar surface area (TPSA) is 301 Å².